The molecule has 0 N–H and O–H groups in total. The number of imidazole rings is 1. The van der Waals surface area contributed by atoms with Gasteiger partial charge in [0.2, 0.25) is 0 Å². The van der Waals surface area contributed by atoms with Gasteiger partial charge >= 0.3 is 5.97 Å². The Morgan fingerprint density at radius 3 is 2.46 bits per heavy atom. The molecule has 0 fully saturated rings. The number of esters is 1. The number of aromatic nitrogens is 2. The minimum absolute atomic E-state index is 0.0759. The third-order valence-corrected chi connectivity index (χ3v) is 7.39. The van der Waals surface area contributed by atoms with Crippen LogP contribution in [0.3, 0.4) is 0 Å². The van der Waals surface area contributed by atoms with E-state index >= 15 is 0 Å². The van der Waals surface area contributed by atoms with Crippen LogP contribution in [0.1, 0.15) is 23.9 Å². The predicted octanol–water partition coefficient (Wildman–Crippen LogP) is 3.79. The average molecular weight is 489 g/mol. The van der Waals surface area contributed by atoms with Gasteiger partial charge in [-0.1, -0.05) is 30.3 Å². The van der Waals surface area contributed by atoms with Gasteiger partial charge in [0.05, 0.1) is 39.9 Å². The summed E-state index contributed by atoms with van der Waals surface area (Å²) in [5, 5.41) is 9.00. The molecule has 35 heavy (non-hydrogen) atoms. The summed E-state index contributed by atoms with van der Waals surface area (Å²) in [6.45, 7) is 1.36. The number of benzene rings is 3. The molecule has 0 aliphatic carbocycles. The number of carbonyl (C=O) groups is 1. The Morgan fingerprint density at radius 2 is 1.80 bits per heavy atom. The zero-order valence-corrected chi connectivity index (χ0v) is 20.2. The fourth-order valence-corrected chi connectivity index (χ4v) is 5.21. The molecule has 0 aliphatic rings. The number of nitrogens with zero attached hydrogens (tertiary/aromatic N) is 4. The van der Waals surface area contributed by atoms with Crippen LogP contribution in [0.25, 0.3) is 11.0 Å². The fourth-order valence-electron chi connectivity index (χ4n) is 3.79. The number of hydrogen-bond donors (Lipinski definition) is 0. The van der Waals surface area contributed by atoms with E-state index in [0.717, 1.165) is 21.2 Å². The van der Waals surface area contributed by atoms with E-state index in [-0.39, 0.29) is 11.5 Å². The zero-order valence-electron chi connectivity index (χ0n) is 19.4. The van der Waals surface area contributed by atoms with Gasteiger partial charge in [0, 0.05) is 13.5 Å². The summed E-state index contributed by atoms with van der Waals surface area (Å²) in [5.74, 6) is 0.138. The molecule has 0 amide bonds. The van der Waals surface area contributed by atoms with E-state index in [1.54, 1.807) is 55.5 Å². The maximum atomic E-state index is 13.4. The van der Waals surface area contributed by atoms with Crippen molar-refractivity contribution in [2.75, 3.05) is 17.5 Å². The summed E-state index contributed by atoms with van der Waals surface area (Å²) in [6, 6.07) is 22.5. The van der Waals surface area contributed by atoms with Crippen molar-refractivity contribution < 1.29 is 17.9 Å². The van der Waals surface area contributed by atoms with E-state index in [0.29, 0.717) is 23.2 Å². The number of carbonyl (C=O) groups excluding carboxylic acids is 1. The first-order valence-electron chi connectivity index (χ1n) is 11.0. The van der Waals surface area contributed by atoms with Gasteiger partial charge in [-0.05, 0) is 55.0 Å². The molecule has 0 bridgehead atoms. The Balaban J connectivity index is 1.73. The van der Waals surface area contributed by atoms with Crippen LogP contribution in [-0.4, -0.2) is 37.1 Å². The zero-order chi connectivity index (χ0) is 25.0. The first-order valence-corrected chi connectivity index (χ1v) is 12.4. The Bertz CT molecular complexity index is 1500. The van der Waals surface area contributed by atoms with Gasteiger partial charge in [0.1, 0.15) is 12.4 Å². The van der Waals surface area contributed by atoms with Crippen LogP contribution < -0.4 is 4.31 Å². The van der Waals surface area contributed by atoms with Crippen molar-refractivity contribution in [1.29, 1.82) is 5.26 Å². The lowest BCUT2D eigenvalue weighted by Crippen LogP contribution is -2.36. The third-order valence-electron chi connectivity index (χ3n) is 5.60. The topological polar surface area (TPSA) is 105 Å². The summed E-state index contributed by atoms with van der Waals surface area (Å²) in [6.07, 6.45) is 0.543. The minimum Gasteiger partial charge on any atom is -0.465 e. The van der Waals surface area contributed by atoms with Crippen LogP contribution in [0.5, 0.6) is 0 Å². The number of hydrogen-bond acceptors (Lipinski definition) is 6. The number of sulfonamides is 1. The summed E-state index contributed by atoms with van der Waals surface area (Å²) in [5.41, 5.74) is 3.33. The lowest BCUT2D eigenvalue weighted by Gasteiger charge is -2.23. The molecule has 1 aromatic heterocycles. The molecule has 3 aromatic carbocycles. The van der Waals surface area contributed by atoms with Gasteiger partial charge in [-0.15, -0.1) is 0 Å². The lowest BCUT2D eigenvalue weighted by atomic mass is 10.1. The largest absolute Gasteiger partial charge is 0.465 e. The van der Waals surface area contributed by atoms with Crippen molar-refractivity contribution >= 4 is 32.7 Å². The molecule has 0 atom stereocenters. The Labute approximate surface area is 204 Å². The highest BCUT2D eigenvalue weighted by molar-refractivity contribution is 7.92. The van der Waals surface area contributed by atoms with Crippen molar-refractivity contribution in [3.63, 3.8) is 0 Å². The summed E-state index contributed by atoms with van der Waals surface area (Å²) in [7, 11) is -2.13. The monoisotopic (exact) mass is 488 g/mol. The van der Waals surface area contributed by atoms with Crippen LogP contribution in [-0.2, 0) is 33.0 Å². The molecule has 4 rings (SSSR count). The van der Waals surface area contributed by atoms with Crippen LogP contribution in [0.15, 0.2) is 77.7 Å². The van der Waals surface area contributed by atoms with Crippen LogP contribution in [0.2, 0.25) is 0 Å². The molecule has 0 aliphatic heterocycles. The number of anilines is 1. The maximum absolute atomic E-state index is 13.4. The molecule has 4 aromatic rings. The van der Waals surface area contributed by atoms with E-state index in [9.17, 15) is 13.2 Å². The van der Waals surface area contributed by atoms with Gasteiger partial charge in [-0.3, -0.25) is 9.10 Å². The van der Waals surface area contributed by atoms with Gasteiger partial charge in [-0.25, -0.2) is 13.4 Å². The minimum atomic E-state index is -4.02. The summed E-state index contributed by atoms with van der Waals surface area (Å²) >= 11 is 0. The highest BCUT2D eigenvalue weighted by Gasteiger charge is 2.28. The molecule has 0 saturated heterocycles. The summed E-state index contributed by atoms with van der Waals surface area (Å²) < 4.78 is 34.9. The van der Waals surface area contributed by atoms with Gasteiger partial charge in [0.25, 0.3) is 10.0 Å². The molecule has 1 heterocycles. The van der Waals surface area contributed by atoms with Crippen molar-refractivity contribution in [2.24, 2.45) is 7.05 Å². The van der Waals surface area contributed by atoms with Gasteiger partial charge in [0.15, 0.2) is 0 Å². The van der Waals surface area contributed by atoms with E-state index in [1.807, 2.05) is 23.7 Å². The van der Waals surface area contributed by atoms with Gasteiger partial charge in [-0.2, -0.15) is 5.26 Å². The Morgan fingerprint density at radius 1 is 1.09 bits per heavy atom. The van der Waals surface area contributed by atoms with Crippen LogP contribution >= 0.6 is 0 Å². The number of fused-ring (bicyclic) bond motifs is 1. The standard InChI is InChI=1S/C26H24N4O4S/c1-3-34-26(31)18-30(35(32,33)22-7-5-4-6-8-22)21-13-14-24-23(16-21)28-25(29(24)2)15-19-9-11-20(17-27)12-10-19/h4-14,16H,3,15,18H2,1-2H3. The van der Waals surface area contributed by atoms with Crippen LogP contribution in [0.4, 0.5) is 5.69 Å². The quantitative estimate of drug-likeness (QED) is 0.350. The number of rotatable bonds is 8. The van der Waals surface area contributed by atoms with Crippen molar-refractivity contribution in [3.05, 3.63) is 89.7 Å². The number of ether oxygens (including phenoxy) is 1. The molecule has 0 unspecified atom stereocenters. The second kappa shape index (κ2) is 9.99. The average Bonchev–Trinajstić information content (AvgIpc) is 3.18. The number of nitriles is 1. The second-order valence-electron chi connectivity index (χ2n) is 7.88. The number of aryl methyl sites for hydroxylation is 1. The molecular weight excluding hydrogens is 464 g/mol. The smallest absolute Gasteiger partial charge is 0.326 e. The SMILES string of the molecule is CCOC(=O)CN(c1ccc2c(c1)nc(Cc1ccc(C#N)cc1)n2C)S(=O)(=O)c1ccccc1. The molecule has 0 spiro atoms. The van der Waals surface area contributed by atoms with E-state index in [1.165, 1.54) is 12.1 Å². The summed E-state index contributed by atoms with van der Waals surface area (Å²) in [4.78, 5) is 17.1. The van der Waals surface area contributed by atoms with Crippen molar-refractivity contribution in [1.82, 2.24) is 9.55 Å². The highest BCUT2D eigenvalue weighted by Crippen LogP contribution is 2.28. The van der Waals surface area contributed by atoms with E-state index < -0.39 is 22.5 Å². The molecule has 8 nitrogen and oxygen atoms in total. The van der Waals surface area contributed by atoms with Crippen molar-refractivity contribution in [2.45, 2.75) is 18.2 Å². The van der Waals surface area contributed by atoms with Crippen LogP contribution in [0, 0.1) is 11.3 Å². The first-order chi connectivity index (χ1) is 16.8. The maximum Gasteiger partial charge on any atom is 0.326 e. The highest BCUT2D eigenvalue weighted by atomic mass is 32.2. The molecule has 0 saturated carbocycles. The Kier molecular flexibility index (Phi) is 6.85. The predicted molar refractivity (Wildman–Crippen MR) is 132 cm³/mol. The normalized spacial score (nSPS) is 11.2. The fraction of sp³-hybridized carbons (Fsp3) is 0.192. The molecular formula is C26H24N4O4S. The Hall–Kier alpha value is -4.16. The molecule has 178 valence electrons. The third kappa shape index (κ3) is 5.03. The van der Waals surface area contributed by atoms with E-state index in [4.69, 9.17) is 15.0 Å². The van der Waals surface area contributed by atoms with E-state index in [2.05, 4.69) is 6.07 Å². The first kappa shape index (κ1) is 24.0. The lowest BCUT2D eigenvalue weighted by molar-refractivity contribution is -0.141. The van der Waals surface area contributed by atoms with Gasteiger partial charge < -0.3 is 9.30 Å². The molecule has 0 radical (unpaired) electrons. The second-order valence-corrected chi connectivity index (χ2v) is 9.74. The van der Waals surface area contributed by atoms with Crippen molar-refractivity contribution in [3.8, 4) is 6.07 Å². The molecule has 9 heteroatoms.